The molecule has 0 aromatic heterocycles. The van der Waals surface area contributed by atoms with Crippen molar-refractivity contribution in [2.24, 2.45) is 0 Å². The Morgan fingerprint density at radius 1 is 1.29 bits per heavy atom. The molecule has 0 fully saturated rings. The maximum atomic E-state index is 11.7. The molecule has 2 rings (SSSR count). The van der Waals surface area contributed by atoms with Crippen LogP contribution in [0.5, 0.6) is 0 Å². The number of carbonyl (C=O) groups excluding carboxylic acids is 1. The van der Waals surface area contributed by atoms with Crippen LogP contribution in [-0.2, 0) is 11.2 Å². The first-order valence-corrected chi connectivity index (χ1v) is 6.67. The molecule has 0 saturated heterocycles. The van der Waals surface area contributed by atoms with Gasteiger partial charge in [0, 0.05) is 12.3 Å². The van der Waals surface area contributed by atoms with Crippen molar-refractivity contribution in [2.45, 2.75) is 6.42 Å². The van der Waals surface area contributed by atoms with Gasteiger partial charge in [0.2, 0.25) is 5.91 Å². The van der Waals surface area contributed by atoms with Crippen molar-refractivity contribution < 1.29 is 4.79 Å². The molecule has 0 spiro atoms. The van der Waals surface area contributed by atoms with Crippen molar-refractivity contribution in [3.8, 4) is 0 Å². The van der Waals surface area contributed by atoms with E-state index in [0.717, 1.165) is 11.3 Å². The number of rotatable bonds is 4. The summed E-state index contributed by atoms with van der Waals surface area (Å²) in [6.45, 7) is 0.628. The first kappa shape index (κ1) is 12.0. The van der Waals surface area contributed by atoms with Crippen LogP contribution < -0.4 is 5.32 Å². The molecule has 1 aliphatic heterocycles. The molecule has 0 aliphatic carbocycles. The van der Waals surface area contributed by atoms with Crippen molar-refractivity contribution in [1.82, 2.24) is 5.32 Å². The number of carbonyl (C=O) groups is 1. The summed E-state index contributed by atoms with van der Waals surface area (Å²) in [4.78, 5) is 11.7. The average Bonchev–Trinajstić information content (AvgIpc) is 2.39. The topological polar surface area (TPSA) is 29.1 Å². The number of hydrogen-bond donors (Lipinski definition) is 1. The fraction of sp³-hybridized carbons (Fsp3) is 0.214. The Bertz CT molecular complexity index is 437. The molecule has 17 heavy (non-hydrogen) atoms. The summed E-state index contributed by atoms with van der Waals surface area (Å²) >= 11 is 1.77. The molecule has 0 saturated carbocycles. The molecular weight excluding hydrogens is 230 g/mol. The second-order valence-corrected chi connectivity index (χ2v) is 4.79. The van der Waals surface area contributed by atoms with Crippen LogP contribution in [0.2, 0.25) is 0 Å². The molecule has 2 nitrogen and oxygen atoms in total. The van der Waals surface area contributed by atoms with Crippen LogP contribution in [0.15, 0.2) is 53.5 Å². The molecule has 1 heterocycles. The number of nitrogens with one attached hydrogen (secondary N) is 1. The first-order valence-electron chi connectivity index (χ1n) is 5.62. The molecule has 0 unspecified atom stereocenters. The minimum atomic E-state index is 0.0729. The maximum Gasteiger partial charge on any atom is 0.224 e. The number of amides is 1. The Morgan fingerprint density at radius 3 is 2.82 bits per heavy atom. The van der Waals surface area contributed by atoms with Gasteiger partial charge >= 0.3 is 0 Å². The van der Waals surface area contributed by atoms with Crippen molar-refractivity contribution in [3.05, 3.63) is 59.0 Å². The number of benzene rings is 1. The molecule has 3 heteroatoms. The molecule has 1 aromatic carbocycles. The van der Waals surface area contributed by atoms with Gasteiger partial charge in [0.25, 0.3) is 0 Å². The fourth-order valence-electron chi connectivity index (χ4n) is 1.59. The van der Waals surface area contributed by atoms with Crippen LogP contribution in [0.25, 0.3) is 0 Å². The van der Waals surface area contributed by atoms with Crippen LogP contribution in [0.4, 0.5) is 0 Å². The van der Waals surface area contributed by atoms with E-state index in [1.807, 2.05) is 30.3 Å². The molecule has 88 valence electrons. The number of hydrogen-bond acceptors (Lipinski definition) is 2. The van der Waals surface area contributed by atoms with Gasteiger partial charge in [-0.3, -0.25) is 4.79 Å². The first-order chi connectivity index (χ1) is 8.34. The highest BCUT2D eigenvalue weighted by Crippen LogP contribution is 2.12. The van der Waals surface area contributed by atoms with Crippen molar-refractivity contribution >= 4 is 17.7 Å². The van der Waals surface area contributed by atoms with Gasteiger partial charge in [0.1, 0.15) is 0 Å². The van der Waals surface area contributed by atoms with Gasteiger partial charge in [-0.15, -0.1) is 11.8 Å². The van der Waals surface area contributed by atoms with Gasteiger partial charge < -0.3 is 5.32 Å². The molecular formula is C14H15NOS. The van der Waals surface area contributed by atoms with Crippen LogP contribution in [-0.4, -0.2) is 18.2 Å². The van der Waals surface area contributed by atoms with Crippen LogP contribution in [0.3, 0.4) is 0 Å². The van der Waals surface area contributed by atoms with Crippen molar-refractivity contribution in [3.63, 3.8) is 0 Å². The summed E-state index contributed by atoms with van der Waals surface area (Å²) in [6, 6.07) is 9.79. The standard InChI is InChI=1S/C14H15NOS/c16-14(10-12-4-2-1-3-5-12)15-11-13-6-8-17-9-7-13/h1-8H,9-11H2,(H,15,16). The SMILES string of the molecule is O=C(Cc1ccccc1)NCC1=CCSC=C1. The largest absolute Gasteiger partial charge is 0.352 e. The van der Waals surface area contributed by atoms with E-state index >= 15 is 0 Å². The minimum Gasteiger partial charge on any atom is -0.352 e. The second kappa shape index (κ2) is 6.30. The normalized spacial score (nSPS) is 14.2. The summed E-state index contributed by atoms with van der Waals surface area (Å²) < 4.78 is 0. The lowest BCUT2D eigenvalue weighted by Crippen LogP contribution is -2.27. The fourth-order valence-corrected chi connectivity index (χ4v) is 2.28. The Balaban J connectivity index is 1.78. The summed E-state index contributed by atoms with van der Waals surface area (Å²) in [6.07, 6.45) is 4.65. The third-order valence-electron chi connectivity index (χ3n) is 2.52. The zero-order valence-corrected chi connectivity index (χ0v) is 10.4. The monoisotopic (exact) mass is 245 g/mol. The quantitative estimate of drug-likeness (QED) is 0.883. The molecule has 0 atom stereocenters. The van der Waals surface area contributed by atoms with Crippen molar-refractivity contribution in [1.29, 1.82) is 0 Å². The lowest BCUT2D eigenvalue weighted by molar-refractivity contribution is -0.120. The van der Waals surface area contributed by atoms with Gasteiger partial charge in [-0.1, -0.05) is 42.5 Å². The molecule has 0 bridgehead atoms. The molecule has 1 N–H and O–H groups in total. The highest BCUT2D eigenvalue weighted by molar-refractivity contribution is 8.02. The molecule has 0 radical (unpaired) electrons. The van der Waals surface area contributed by atoms with Crippen LogP contribution in [0, 0.1) is 0 Å². The number of thioether (sulfide) groups is 1. The van der Waals surface area contributed by atoms with E-state index in [4.69, 9.17) is 0 Å². The third kappa shape index (κ3) is 4.11. The lowest BCUT2D eigenvalue weighted by atomic mass is 10.1. The van der Waals surface area contributed by atoms with E-state index in [1.165, 1.54) is 5.57 Å². The Morgan fingerprint density at radius 2 is 2.12 bits per heavy atom. The molecule has 1 aromatic rings. The molecule has 1 aliphatic rings. The Hall–Kier alpha value is -1.48. The Labute approximate surface area is 106 Å². The highest BCUT2D eigenvalue weighted by atomic mass is 32.2. The molecule has 1 amide bonds. The zero-order valence-electron chi connectivity index (χ0n) is 9.56. The van der Waals surface area contributed by atoms with E-state index in [2.05, 4.69) is 22.9 Å². The third-order valence-corrected chi connectivity index (χ3v) is 3.20. The average molecular weight is 245 g/mol. The maximum absolute atomic E-state index is 11.7. The lowest BCUT2D eigenvalue weighted by Gasteiger charge is -2.08. The zero-order chi connectivity index (χ0) is 11.9. The Kier molecular flexibility index (Phi) is 4.45. The highest BCUT2D eigenvalue weighted by Gasteiger charge is 2.03. The van der Waals surface area contributed by atoms with Gasteiger partial charge in [0.15, 0.2) is 0 Å². The van der Waals surface area contributed by atoms with Crippen LogP contribution >= 0.6 is 11.8 Å². The van der Waals surface area contributed by atoms with E-state index < -0.39 is 0 Å². The smallest absolute Gasteiger partial charge is 0.224 e. The second-order valence-electron chi connectivity index (χ2n) is 3.85. The minimum absolute atomic E-state index is 0.0729. The van der Waals surface area contributed by atoms with E-state index in [1.54, 1.807) is 11.8 Å². The van der Waals surface area contributed by atoms with E-state index in [0.29, 0.717) is 13.0 Å². The summed E-state index contributed by atoms with van der Waals surface area (Å²) in [5.74, 6) is 1.07. The van der Waals surface area contributed by atoms with Gasteiger partial charge in [-0.25, -0.2) is 0 Å². The van der Waals surface area contributed by atoms with Gasteiger partial charge in [-0.2, -0.15) is 0 Å². The van der Waals surface area contributed by atoms with Gasteiger partial charge in [-0.05, 0) is 16.5 Å². The van der Waals surface area contributed by atoms with Gasteiger partial charge in [0.05, 0.1) is 6.42 Å². The van der Waals surface area contributed by atoms with E-state index in [9.17, 15) is 4.79 Å². The van der Waals surface area contributed by atoms with Crippen LogP contribution in [0.1, 0.15) is 5.56 Å². The predicted octanol–water partition coefficient (Wildman–Crippen LogP) is 2.53. The van der Waals surface area contributed by atoms with E-state index in [-0.39, 0.29) is 5.91 Å². The summed E-state index contributed by atoms with van der Waals surface area (Å²) in [5.41, 5.74) is 2.24. The van der Waals surface area contributed by atoms with Crippen molar-refractivity contribution in [2.75, 3.05) is 12.3 Å². The summed E-state index contributed by atoms with van der Waals surface area (Å²) in [5, 5.41) is 5.00. The summed E-state index contributed by atoms with van der Waals surface area (Å²) in [7, 11) is 0. The predicted molar refractivity (Wildman–Crippen MR) is 72.8 cm³/mol.